The minimum atomic E-state index is 0.832. The van der Waals surface area contributed by atoms with Gasteiger partial charge in [-0.25, -0.2) is 0 Å². The molecule has 1 atom stereocenters. The summed E-state index contributed by atoms with van der Waals surface area (Å²) in [6.45, 7) is 6.54. The van der Waals surface area contributed by atoms with Gasteiger partial charge in [0, 0.05) is 23.7 Å². The Kier molecular flexibility index (Phi) is 4.31. The second-order valence-electron chi connectivity index (χ2n) is 3.17. The van der Waals surface area contributed by atoms with E-state index < -0.39 is 0 Å². The van der Waals surface area contributed by atoms with E-state index in [4.69, 9.17) is 4.74 Å². The highest BCUT2D eigenvalue weighted by Gasteiger charge is 2.15. The quantitative estimate of drug-likeness (QED) is 0.650. The van der Waals surface area contributed by atoms with E-state index >= 15 is 0 Å². The van der Waals surface area contributed by atoms with Gasteiger partial charge in [0.2, 0.25) is 0 Å². The summed E-state index contributed by atoms with van der Waals surface area (Å²) >= 11 is 2.14. The Balaban J connectivity index is 2.13. The van der Waals surface area contributed by atoms with Gasteiger partial charge >= 0.3 is 0 Å². The molecular formula is C9H18OS. The van der Waals surface area contributed by atoms with Gasteiger partial charge in [0.05, 0.1) is 0 Å². The van der Waals surface area contributed by atoms with Crippen molar-refractivity contribution in [3.8, 4) is 0 Å². The average Bonchev–Trinajstić information content (AvgIpc) is 2.06. The summed E-state index contributed by atoms with van der Waals surface area (Å²) in [5.41, 5.74) is 0. The summed E-state index contributed by atoms with van der Waals surface area (Å²) in [5, 5.41) is 1.71. The molecule has 0 aliphatic carbocycles. The molecule has 0 aromatic rings. The van der Waals surface area contributed by atoms with Crippen LogP contribution in [0.25, 0.3) is 0 Å². The molecule has 0 aromatic carbocycles. The fourth-order valence-electron chi connectivity index (χ4n) is 1.24. The Bertz CT molecular complexity index is 99.7. The Morgan fingerprint density at radius 1 is 1.45 bits per heavy atom. The van der Waals surface area contributed by atoms with Gasteiger partial charge in [-0.1, -0.05) is 13.8 Å². The van der Waals surface area contributed by atoms with Crippen LogP contribution in [0.1, 0.15) is 33.1 Å². The number of rotatable bonds is 3. The van der Waals surface area contributed by atoms with E-state index in [2.05, 4.69) is 25.6 Å². The molecule has 0 saturated carbocycles. The molecule has 11 heavy (non-hydrogen) atoms. The fraction of sp³-hybridized carbons (Fsp3) is 1.00. The molecule has 1 saturated heterocycles. The smallest absolute Gasteiger partial charge is 0.0476 e. The van der Waals surface area contributed by atoms with Crippen molar-refractivity contribution in [2.75, 3.05) is 13.2 Å². The normalized spacial score (nSPS) is 23.5. The molecule has 0 aromatic heterocycles. The zero-order valence-electron chi connectivity index (χ0n) is 7.51. The van der Waals surface area contributed by atoms with Crippen LogP contribution in [0.2, 0.25) is 0 Å². The van der Waals surface area contributed by atoms with Crippen molar-refractivity contribution in [1.82, 2.24) is 0 Å². The van der Waals surface area contributed by atoms with Crippen molar-refractivity contribution in [2.45, 2.75) is 43.6 Å². The second-order valence-corrected chi connectivity index (χ2v) is 4.91. The zero-order chi connectivity index (χ0) is 8.10. The molecule has 1 rings (SSSR count). The van der Waals surface area contributed by atoms with Crippen molar-refractivity contribution in [2.24, 2.45) is 0 Å². The first kappa shape index (κ1) is 9.40. The highest BCUT2D eigenvalue weighted by atomic mass is 32.2. The van der Waals surface area contributed by atoms with E-state index in [1.165, 1.54) is 19.3 Å². The van der Waals surface area contributed by atoms with Gasteiger partial charge in [0.1, 0.15) is 0 Å². The summed E-state index contributed by atoms with van der Waals surface area (Å²) in [7, 11) is 0. The van der Waals surface area contributed by atoms with E-state index in [0.29, 0.717) is 0 Å². The largest absolute Gasteiger partial charge is 0.381 e. The maximum Gasteiger partial charge on any atom is 0.0476 e. The molecule has 0 N–H and O–H groups in total. The second kappa shape index (κ2) is 5.04. The molecule has 0 amide bonds. The van der Waals surface area contributed by atoms with Crippen LogP contribution in [0.3, 0.4) is 0 Å². The molecule has 0 radical (unpaired) electrons. The third-order valence-electron chi connectivity index (χ3n) is 2.17. The SMILES string of the molecule is CCC(C)SC1CCOCC1. The van der Waals surface area contributed by atoms with Gasteiger partial charge in [-0.15, -0.1) is 0 Å². The van der Waals surface area contributed by atoms with Crippen LogP contribution in [0.15, 0.2) is 0 Å². The van der Waals surface area contributed by atoms with Gasteiger partial charge in [0.25, 0.3) is 0 Å². The topological polar surface area (TPSA) is 9.23 Å². The zero-order valence-corrected chi connectivity index (χ0v) is 8.32. The lowest BCUT2D eigenvalue weighted by Crippen LogP contribution is -2.19. The van der Waals surface area contributed by atoms with E-state index in [-0.39, 0.29) is 0 Å². The van der Waals surface area contributed by atoms with E-state index in [1.54, 1.807) is 0 Å². The molecule has 1 fully saturated rings. The molecule has 0 spiro atoms. The lowest BCUT2D eigenvalue weighted by Gasteiger charge is -2.23. The highest BCUT2D eigenvalue weighted by Crippen LogP contribution is 2.27. The number of hydrogen-bond acceptors (Lipinski definition) is 2. The minimum Gasteiger partial charge on any atom is -0.381 e. The summed E-state index contributed by atoms with van der Waals surface area (Å²) in [6, 6.07) is 0. The fourth-order valence-corrected chi connectivity index (χ4v) is 2.55. The van der Waals surface area contributed by atoms with Crippen LogP contribution in [0.5, 0.6) is 0 Å². The first-order chi connectivity index (χ1) is 5.33. The molecule has 1 heterocycles. The standard InChI is InChI=1S/C9H18OS/c1-3-8(2)11-9-4-6-10-7-5-9/h8-9H,3-7H2,1-2H3. The van der Waals surface area contributed by atoms with Gasteiger partial charge in [-0.3, -0.25) is 0 Å². The Morgan fingerprint density at radius 3 is 2.64 bits per heavy atom. The van der Waals surface area contributed by atoms with Crippen LogP contribution < -0.4 is 0 Å². The molecule has 66 valence electrons. The van der Waals surface area contributed by atoms with Crippen molar-refractivity contribution >= 4 is 11.8 Å². The molecule has 1 aliphatic rings. The molecule has 0 bridgehead atoms. The number of ether oxygens (including phenoxy) is 1. The summed E-state index contributed by atoms with van der Waals surface area (Å²) in [4.78, 5) is 0. The van der Waals surface area contributed by atoms with E-state index in [1.807, 2.05) is 0 Å². The van der Waals surface area contributed by atoms with Crippen molar-refractivity contribution in [1.29, 1.82) is 0 Å². The first-order valence-electron chi connectivity index (χ1n) is 4.56. The van der Waals surface area contributed by atoms with Crippen LogP contribution >= 0.6 is 11.8 Å². The summed E-state index contributed by atoms with van der Waals surface area (Å²) in [5.74, 6) is 0. The third-order valence-corrected chi connectivity index (χ3v) is 3.82. The van der Waals surface area contributed by atoms with Gasteiger partial charge in [0.15, 0.2) is 0 Å². The highest BCUT2D eigenvalue weighted by molar-refractivity contribution is 8.00. The van der Waals surface area contributed by atoms with Gasteiger partial charge < -0.3 is 4.74 Å². The summed E-state index contributed by atoms with van der Waals surface area (Å²) in [6.07, 6.45) is 3.81. The molecular weight excluding hydrogens is 156 g/mol. The predicted molar refractivity (Wildman–Crippen MR) is 51.2 cm³/mol. The van der Waals surface area contributed by atoms with Gasteiger partial charge in [-0.2, -0.15) is 11.8 Å². The lowest BCUT2D eigenvalue weighted by molar-refractivity contribution is 0.0999. The van der Waals surface area contributed by atoms with Crippen molar-refractivity contribution < 1.29 is 4.74 Å². The van der Waals surface area contributed by atoms with E-state index in [9.17, 15) is 0 Å². The van der Waals surface area contributed by atoms with E-state index in [0.717, 1.165) is 23.7 Å². The van der Waals surface area contributed by atoms with Crippen molar-refractivity contribution in [3.05, 3.63) is 0 Å². The molecule has 1 unspecified atom stereocenters. The van der Waals surface area contributed by atoms with Crippen LogP contribution in [-0.4, -0.2) is 23.7 Å². The molecule has 2 heteroatoms. The molecule has 1 nitrogen and oxygen atoms in total. The lowest BCUT2D eigenvalue weighted by atomic mass is 10.2. The average molecular weight is 174 g/mol. The number of thioether (sulfide) groups is 1. The van der Waals surface area contributed by atoms with Gasteiger partial charge in [-0.05, 0) is 19.3 Å². The Labute approximate surface area is 73.9 Å². The monoisotopic (exact) mass is 174 g/mol. The maximum atomic E-state index is 5.30. The number of hydrogen-bond donors (Lipinski definition) is 0. The summed E-state index contributed by atoms with van der Waals surface area (Å²) < 4.78 is 5.30. The predicted octanol–water partition coefficient (Wildman–Crippen LogP) is 2.70. The maximum absolute atomic E-state index is 5.30. The Hall–Kier alpha value is 0.310. The molecule has 1 aliphatic heterocycles. The Morgan fingerprint density at radius 2 is 2.09 bits per heavy atom. The van der Waals surface area contributed by atoms with Crippen LogP contribution in [0.4, 0.5) is 0 Å². The first-order valence-corrected chi connectivity index (χ1v) is 5.50. The van der Waals surface area contributed by atoms with Crippen LogP contribution in [0, 0.1) is 0 Å². The van der Waals surface area contributed by atoms with Crippen molar-refractivity contribution in [3.63, 3.8) is 0 Å². The third kappa shape index (κ3) is 3.48. The van der Waals surface area contributed by atoms with Crippen LogP contribution in [-0.2, 0) is 4.74 Å². The minimum absolute atomic E-state index is 0.832.